The second kappa shape index (κ2) is 7.31. The second-order valence-corrected chi connectivity index (χ2v) is 8.49. The number of hydrogen-bond donors (Lipinski definition) is 2. The van der Waals surface area contributed by atoms with Crippen LogP contribution in [0.1, 0.15) is 18.1 Å². The van der Waals surface area contributed by atoms with Gasteiger partial charge < -0.3 is 5.73 Å². The highest BCUT2D eigenvalue weighted by atomic mass is 32.2. The van der Waals surface area contributed by atoms with Crippen molar-refractivity contribution in [2.45, 2.75) is 18.7 Å². The van der Waals surface area contributed by atoms with Gasteiger partial charge >= 0.3 is 0 Å². The fourth-order valence-electron chi connectivity index (χ4n) is 2.42. The van der Waals surface area contributed by atoms with Gasteiger partial charge in [-0.3, -0.25) is 0 Å². The lowest BCUT2D eigenvalue weighted by Gasteiger charge is -2.09. The molecule has 1 heterocycles. The third-order valence-electron chi connectivity index (χ3n) is 3.91. The van der Waals surface area contributed by atoms with E-state index in [2.05, 4.69) is 9.93 Å². The molecule has 3 rings (SSSR count). The van der Waals surface area contributed by atoms with Gasteiger partial charge in [0, 0.05) is 16.1 Å². The molecule has 0 aliphatic heterocycles. The summed E-state index contributed by atoms with van der Waals surface area (Å²) in [5.74, 6) is 0. The van der Waals surface area contributed by atoms with E-state index < -0.39 is 10.0 Å². The molecule has 5 nitrogen and oxygen atoms in total. The maximum absolute atomic E-state index is 12.4. The highest BCUT2D eigenvalue weighted by Crippen LogP contribution is 2.28. The Labute approximate surface area is 157 Å². The fraction of sp³-hybridized carbons (Fsp3) is 0.105. The number of hydrazone groups is 1. The maximum atomic E-state index is 12.4. The van der Waals surface area contributed by atoms with E-state index in [1.54, 1.807) is 48.6 Å². The number of anilines is 1. The summed E-state index contributed by atoms with van der Waals surface area (Å²) in [5, 5.41) is 6.05. The maximum Gasteiger partial charge on any atom is 0.276 e. The van der Waals surface area contributed by atoms with Crippen LogP contribution in [0, 0.1) is 6.92 Å². The molecule has 7 heteroatoms. The van der Waals surface area contributed by atoms with Gasteiger partial charge in [0.15, 0.2) is 0 Å². The first-order chi connectivity index (χ1) is 12.4. The van der Waals surface area contributed by atoms with Gasteiger partial charge in [-0.15, -0.1) is 11.3 Å². The van der Waals surface area contributed by atoms with E-state index in [0.29, 0.717) is 17.0 Å². The number of aryl methyl sites for hydroxylation is 1. The van der Waals surface area contributed by atoms with Crippen molar-refractivity contribution in [3.63, 3.8) is 0 Å². The lowest BCUT2D eigenvalue weighted by Crippen LogP contribution is -2.20. The van der Waals surface area contributed by atoms with E-state index >= 15 is 0 Å². The molecule has 0 saturated heterocycles. The normalized spacial score (nSPS) is 12.2. The van der Waals surface area contributed by atoms with Crippen LogP contribution in [0.2, 0.25) is 0 Å². The summed E-state index contributed by atoms with van der Waals surface area (Å²) >= 11 is 1.63. The van der Waals surface area contributed by atoms with Crippen molar-refractivity contribution in [3.05, 3.63) is 71.1 Å². The topological polar surface area (TPSA) is 84.5 Å². The summed E-state index contributed by atoms with van der Waals surface area (Å²) in [4.78, 5) is 3.56. The van der Waals surface area contributed by atoms with Crippen LogP contribution < -0.4 is 10.6 Å². The van der Waals surface area contributed by atoms with Crippen LogP contribution in [-0.2, 0) is 10.0 Å². The molecule has 0 aliphatic rings. The molecule has 134 valence electrons. The molecule has 26 heavy (non-hydrogen) atoms. The lowest BCUT2D eigenvalue weighted by molar-refractivity contribution is 0.584. The Morgan fingerprint density at radius 3 is 2.50 bits per heavy atom. The fourth-order valence-corrected chi connectivity index (χ4v) is 4.01. The Hall–Kier alpha value is -2.64. The third kappa shape index (κ3) is 3.95. The predicted octanol–water partition coefficient (Wildman–Crippen LogP) is 4.01. The Bertz CT molecular complexity index is 1040. The zero-order valence-electron chi connectivity index (χ0n) is 14.4. The Balaban J connectivity index is 1.88. The van der Waals surface area contributed by atoms with E-state index in [9.17, 15) is 8.42 Å². The Morgan fingerprint density at radius 2 is 1.85 bits per heavy atom. The van der Waals surface area contributed by atoms with Gasteiger partial charge in [-0.1, -0.05) is 29.8 Å². The smallest absolute Gasteiger partial charge is 0.276 e. The molecule has 3 aromatic rings. The highest BCUT2D eigenvalue weighted by Gasteiger charge is 2.13. The van der Waals surface area contributed by atoms with Gasteiger partial charge in [0.2, 0.25) is 0 Å². The number of nitrogens with two attached hydrogens (primary N) is 1. The van der Waals surface area contributed by atoms with Crippen molar-refractivity contribution < 1.29 is 8.42 Å². The number of hydrogen-bond acceptors (Lipinski definition) is 5. The van der Waals surface area contributed by atoms with E-state index in [1.807, 2.05) is 36.6 Å². The van der Waals surface area contributed by atoms with Crippen LogP contribution in [0.15, 0.2) is 70.0 Å². The van der Waals surface area contributed by atoms with Crippen LogP contribution in [0.5, 0.6) is 0 Å². The van der Waals surface area contributed by atoms with Crippen LogP contribution in [0.3, 0.4) is 0 Å². The predicted molar refractivity (Wildman–Crippen MR) is 108 cm³/mol. The average molecular weight is 386 g/mol. The molecule has 0 amide bonds. The molecule has 3 N–H and O–H groups in total. The summed E-state index contributed by atoms with van der Waals surface area (Å²) in [6.07, 6.45) is 0. The number of thiophene rings is 1. The van der Waals surface area contributed by atoms with Gasteiger partial charge in [0.25, 0.3) is 10.0 Å². The first kappa shape index (κ1) is 18.2. The lowest BCUT2D eigenvalue weighted by atomic mass is 10.0. The molecule has 0 spiro atoms. The molecule has 0 saturated carbocycles. The standard InChI is InChI=1S/C19H19N3O2S2/c1-13-5-8-16(9-6-13)26(23,24)22-21-14(2)17-12-15(7-10-18(17)20)19-4-3-11-25-19/h3-12,22H,20H2,1-2H3. The first-order valence-corrected chi connectivity index (χ1v) is 10.3. The minimum atomic E-state index is -3.72. The quantitative estimate of drug-likeness (QED) is 0.395. The van der Waals surface area contributed by atoms with Crippen molar-refractivity contribution in [2.75, 3.05) is 5.73 Å². The van der Waals surface area contributed by atoms with Gasteiger partial charge in [-0.05, 0) is 55.1 Å². The van der Waals surface area contributed by atoms with E-state index in [4.69, 9.17) is 5.73 Å². The molecule has 0 atom stereocenters. The largest absolute Gasteiger partial charge is 0.398 e. The number of benzene rings is 2. The van der Waals surface area contributed by atoms with Crippen molar-refractivity contribution >= 4 is 32.8 Å². The molecule has 0 aliphatic carbocycles. The van der Waals surface area contributed by atoms with Gasteiger partial charge in [0.1, 0.15) is 0 Å². The zero-order chi connectivity index (χ0) is 18.7. The number of nitrogen functional groups attached to an aromatic ring is 1. The van der Waals surface area contributed by atoms with Gasteiger partial charge in [0.05, 0.1) is 10.6 Å². The summed E-state index contributed by atoms with van der Waals surface area (Å²) in [6.45, 7) is 3.62. The molecule has 1 aromatic heterocycles. The second-order valence-electron chi connectivity index (χ2n) is 5.88. The Morgan fingerprint density at radius 1 is 1.12 bits per heavy atom. The van der Waals surface area contributed by atoms with E-state index in [1.165, 1.54) is 0 Å². The Kier molecular flexibility index (Phi) is 5.11. The summed E-state index contributed by atoms with van der Waals surface area (Å²) in [5.41, 5.74) is 9.79. The molecule has 0 unspecified atom stereocenters. The average Bonchev–Trinajstić information content (AvgIpc) is 3.15. The molecular formula is C19H19N3O2S2. The molecular weight excluding hydrogens is 366 g/mol. The third-order valence-corrected chi connectivity index (χ3v) is 6.06. The zero-order valence-corrected chi connectivity index (χ0v) is 16.1. The number of rotatable bonds is 5. The van der Waals surface area contributed by atoms with Gasteiger partial charge in [-0.25, -0.2) is 0 Å². The highest BCUT2D eigenvalue weighted by molar-refractivity contribution is 7.89. The van der Waals surface area contributed by atoms with Crippen LogP contribution >= 0.6 is 11.3 Å². The number of sulfonamides is 1. The van der Waals surface area contributed by atoms with Crippen LogP contribution in [0.25, 0.3) is 10.4 Å². The minimum absolute atomic E-state index is 0.167. The van der Waals surface area contributed by atoms with Crippen molar-refractivity contribution in [3.8, 4) is 10.4 Å². The van der Waals surface area contributed by atoms with Crippen molar-refractivity contribution in [1.82, 2.24) is 4.83 Å². The van der Waals surface area contributed by atoms with Crippen LogP contribution in [-0.4, -0.2) is 14.1 Å². The monoisotopic (exact) mass is 385 g/mol. The molecule has 0 fully saturated rings. The first-order valence-electron chi connectivity index (χ1n) is 7.93. The van der Waals surface area contributed by atoms with Crippen LogP contribution in [0.4, 0.5) is 5.69 Å². The van der Waals surface area contributed by atoms with E-state index in [-0.39, 0.29) is 4.90 Å². The number of nitrogens with one attached hydrogen (secondary N) is 1. The van der Waals surface area contributed by atoms with Crippen molar-refractivity contribution in [1.29, 1.82) is 0 Å². The summed E-state index contributed by atoms with van der Waals surface area (Å²) in [7, 11) is -3.72. The van der Waals surface area contributed by atoms with Crippen molar-refractivity contribution in [2.24, 2.45) is 5.10 Å². The molecule has 0 radical (unpaired) electrons. The van der Waals surface area contributed by atoms with E-state index in [0.717, 1.165) is 16.0 Å². The summed E-state index contributed by atoms with van der Waals surface area (Å²) in [6, 6.07) is 16.2. The number of nitrogens with zero attached hydrogens (tertiary/aromatic N) is 1. The molecule has 2 aromatic carbocycles. The SMILES string of the molecule is CC(=NNS(=O)(=O)c1ccc(C)cc1)c1cc(-c2cccs2)ccc1N. The van der Waals surface area contributed by atoms with Gasteiger partial charge in [-0.2, -0.15) is 18.4 Å². The minimum Gasteiger partial charge on any atom is -0.398 e. The molecule has 0 bridgehead atoms. The summed E-state index contributed by atoms with van der Waals surface area (Å²) < 4.78 is 24.7.